The van der Waals surface area contributed by atoms with Crippen molar-refractivity contribution in [1.82, 2.24) is 20.3 Å². The lowest BCUT2D eigenvalue weighted by Gasteiger charge is -2.04. The van der Waals surface area contributed by atoms with E-state index < -0.39 is 5.97 Å². The SMILES string of the molecule is Cc1cccc(CC(=O)NCc2cn(CC(=O)O)nn2)c1. The van der Waals surface area contributed by atoms with E-state index in [1.54, 1.807) is 0 Å². The Morgan fingerprint density at radius 3 is 2.90 bits per heavy atom. The van der Waals surface area contributed by atoms with Crippen LogP contribution >= 0.6 is 0 Å². The molecule has 0 fully saturated rings. The number of aromatic nitrogens is 3. The standard InChI is InChI=1S/C14H16N4O3/c1-10-3-2-4-11(5-10)6-13(19)15-7-12-8-18(17-16-12)9-14(20)21/h2-5,8H,6-7,9H2,1H3,(H,15,19)(H,20,21). The third-order valence-electron chi connectivity index (χ3n) is 2.80. The molecule has 0 saturated carbocycles. The van der Waals surface area contributed by atoms with Crippen LogP contribution in [0.2, 0.25) is 0 Å². The second kappa shape index (κ2) is 6.65. The lowest BCUT2D eigenvalue weighted by Crippen LogP contribution is -2.24. The molecule has 0 atom stereocenters. The third kappa shape index (κ3) is 4.72. The van der Waals surface area contributed by atoms with Gasteiger partial charge in [-0.15, -0.1) is 5.10 Å². The van der Waals surface area contributed by atoms with Gasteiger partial charge in [-0.2, -0.15) is 0 Å². The molecule has 0 aliphatic heterocycles. The average Bonchev–Trinajstić information content (AvgIpc) is 2.83. The van der Waals surface area contributed by atoms with E-state index in [1.165, 1.54) is 10.9 Å². The molecule has 7 nitrogen and oxygen atoms in total. The van der Waals surface area contributed by atoms with Gasteiger partial charge >= 0.3 is 5.97 Å². The van der Waals surface area contributed by atoms with E-state index >= 15 is 0 Å². The molecule has 0 bridgehead atoms. The molecule has 1 aromatic carbocycles. The molecule has 0 radical (unpaired) electrons. The number of nitrogens with zero attached hydrogens (tertiary/aromatic N) is 3. The number of hydrogen-bond donors (Lipinski definition) is 2. The molecule has 2 aromatic rings. The van der Waals surface area contributed by atoms with Crippen molar-refractivity contribution >= 4 is 11.9 Å². The van der Waals surface area contributed by atoms with Crippen LogP contribution in [0.3, 0.4) is 0 Å². The summed E-state index contributed by atoms with van der Waals surface area (Å²) in [6, 6.07) is 7.75. The Labute approximate surface area is 121 Å². The van der Waals surface area contributed by atoms with Crippen LogP contribution in [-0.4, -0.2) is 32.0 Å². The number of nitrogens with one attached hydrogen (secondary N) is 1. The molecular formula is C14H16N4O3. The minimum atomic E-state index is -0.991. The van der Waals surface area contributed by atoms with Gasteiger partial charge in [-0.05, 0) is 12.5 Å². The van der Waals surface area contributed by atoms with E-state index in [-0.39, 0.29) is 19.0 Å². The molecule has 0 saturated heterocycles. The molecular weight excluding hydrogens is 272 g/mol. The topological polar surface area (TPSA) is 97.1 Å². The van der Waals surface area contributed by atoms with Gasteiger partial charge in [0.2, 0.25) is 5.91 Å². The maximum Gasteiger partial charge on any atom is 0.325 e. The number of benzene rings is 1. The molecule has 2 rings (SSSR count). The Bertz CT molecular complexity index is 651. The van der Waals surface area contributed by atoms with Gasteiger partial charge in [0.15, 0.2) is 0 Å². The molecule has 21 heavy (non-hydrogen) atoms. The number of rotatable bonds is 6. The molecule has 7 heteroatoms. The van der Waals surface area contributed by atoms with Crippen molar-refractivity contribution in [3.05, 3.63) is 47.3 Å². The zero-order valence-electron chi connectivity index (χ0n) is 11.6. The summed E-state index contributed by atoms with van der Waals surface area (Å²) in [5.41, 5.74) is 2.58. The van der Waals surface area contributed by atoms with Crippen LogP contribution in [0.1, 0.15) is 16.8 Å². The molecule has 1 amide bonds. The van der Waals surface area contributed by atoms with Gasteiger partial charge in [-0.3, -0.25) is 9.59 Å². The average molecular weight is 288 g/mol. The minimum absolute atomic E-state index is 0.117. The van der Waals surface area contributed by atoms with E-state index in [0.29, 0.717) is 12.1 Å². The minimum Gasteiger partial charge on any atom is -0.480 e. The summed E-state index contributed by atoms with van der Waals surface area (Å²) in [7, 11) is 0. The first kappa shape index (κ1) is 14.7. The number of aryl methyl sites for hydroxylation is 1. The zero-order chi connectivity index (χ0) is 15.2. The van der Waals surface area contributed by atoms with Crippen LogP contribution in [-0.2, 0) is 29.1 Å². The largest absolute Gasteiger partial charge is 0.480 e. The molecule has 0 unspecified atom stereocenters. The first-order chi connectivity index (χ1) is 10.0. The third-order valence-corrected chi connectivity index (χ3v) is 2.80. The van der Waals surface area contributed by atoms with Crippen LogP contribution < -0.4 is 5.32 Å². The summed E-state index contributed by atoms with van der Waals surface area (Å²) in [6.45, 7) is 1.96. The Hall–Kier alpha value is -2.70. The van der Waals surface area contributed by atoms with Gasteiger partial charge in [0, 0.05) is 0 Å². The van der Waals surface area contributed by atoms with Crippen molar-refractivity contribution in [2.45, 2.75) is 26.4 Å². The normalized spacial score (nSPS) is 10.3. The predicted octanol–water partition coefficient (Wildman–Crippen LogP) is 0.530. The van der Waals surface area contributed by atoms with Crippen molar-refractivity contribution in [3.63, 3.8) is 0 Å². The first-order valence-corrected chi connectivity index (χ1v) is 6.46. The van der Waals surface area contributed by atoms with Gasteiger partial charge in [-0.25, -0.2) is 4.68 Å². The number of carboxylic acid groups (broad SMARTS) is 1. The van der Waals surface area contributed by atoms with Crippen molar-refractivity contribution in [1.29, 1.82) is 0 Å². The van der Waals surface area contributed by atoms with Crippen LogP contribution in [0.15, 0.2) is 30.5 Å². The Kier molecular flexibility index (Phi) is 4.65. The number of carbonyl (C=O) groups is 2. The van der Waals surface area contributed by atoms with E-state index in [9.17, 15) is 9.59 Å². The number of aliphatic carboxylic acids is 1. The van der Waals surface area contributed by atoms with Crippen LogP contribution in [0.4, 0.5) is 0 Å². The van der Waals surface area contributed by atoms with E-state index in [2.05, 4.69) is 15.6 Å². The Balaban J connectivity index is 1.83. The highest BCUT2D eigenvalue weighted by molar-refractivity contribution is 5.78. The lowest BCUT2D eigenvalue weighted by molar-refractivity contribution is -0.138. The molecule has 0 aliphatic rings. The maximum absolute atomic E-state index is 11.8. The van der Waals surface area contributed by atoms with Crippen LogP contribution in [0, 0.1) is 6.92 Å². The molecule has 2 N–H and O–H groups in total. The van der Waals surface area contributed by atoms with E-state index in [4.69, 9.17) is 5.11 Å². The highest BCUT2D eigenvalue weighted by Crippen LogP contribution is 2.04. The van der Waals surface area contributed by atoms with Crippen molar-refractivity contribution < 1.29 is 14.7 Å². The maximum atomic E-state index is 11.8. The van der Waals surface area contributed by atoms with E-state index in [0.717, 1.165) is 11.1 Å². The fraction of sp³-hybridized carbons (Fsp3) is 0.286. The van der Waals surface area contributed by atoms with E-state index in [1.807, 2.05) is 31.2 Å². The summed E-state index contributed by atoms with van der Waals surface area (Å²) in [5.74, 6) is -1.11. The van der Waals surface area contributed by atoms with Crippen LogP contribution in [0.5, 0.6) is 0 Å². The molecule has 1 heterocycles. The quantitative estimate of drug-likeness (QED) is 0.808. The summed E-state index contributed by atoms with van der Waals surface area (Å²) in [5, 5.41) is 18.8. The summed E-state index contributed by atoms with van der Waals surface area (Å²) >= 11 is 0. The summed E-state index contributed by atoms with van der Waals surface area (Å²) < 4.78 is 1.21. The highest BCUT2D eigenvalue weighted by atomic mass is 16.4. The fourth-order valence-electron chi connectivity index (χ4n) is 1.89. The first-order valence-electron chi connectivity index (χ1n) is 6.46. The predicted molar refractivity (Wildman–Crippen MR) is 74.4 cm³/mol. The van der Waals surface area contributed by atoms with Crippen molar-refractivity contribution in [2.24, 2.45) is 0 Å². The molecule has 1 aromatic heterocycles. The number of carboxylic acids is 1. The summed E-state index contributed by atoms with van der Waals surface area (Å²) in [4.78, 5) is 22.3. The fourth-order valence-corrected chi connectivity index (χ4v) is 1.89. The van der Waals surface area contributed by atoms with Crippen LogP contribution in [0.25, 0.3) is 0 Å². The molecule has 0 aliphatic carbocycles. The number of hydrogen-bond acceptors (Lipinski definition) is 4. The van der Waals surface area contributed by atoms with Gasteiger partial charge in [0.05, 0.1) is 19.2 Å². The number of carbonyl (C=O) groups excluding carboxylic acids is 1. The number of amides is 1. The smallest absolute Gasteiger partial charge is 0.325 e. The molecule has 110 valence electrons. The monoisotopic (exact) mass is 288 g/mol. The van der Waals surface area contributed by atoms with Gasteiger partial charge < -0.3 is 10.4 Å². The van der Waals surface area contributed by atoms with Crippen molar-refractivity contribution in [3.8, 4) is 0 Å². The highest BCUT2D eigenvalue weighted by Gasteiger charge is 2.07. The Morgan fingerprint density at radius 2 is 2.19 bits per heavy atom. The Morgan fingerprint density at radius 1 is 1.38 bits per heavy atom. The molecule has 0 spiro atoms. The lowest BCUT2D eigenvalue weighted by atomic mass is 10.1. The second-order valence-electron chi connectivity index (χ2n) is 4.74. The van der Waals surface area contributed by atoms with Gasteiger partial charge in [-0.1, -0.05) is 35.0 Å². The van der Waals surface area contributed by atoms with Gasteiger partial charge in [0.1, 0.15) is 12.2 Å². The zero-order valence-corrected chi connectivity index (χ0v) is 11.6. The van der Waals surface area contributed by atoms with Gasteiger partial charge in [0.25, 0.3) is 0 Å². The summed E-state index contributed by atoms with van der Waals surface area (Å²) in [6.07, 6.45) is 1.80. The van der Waals surface area contributed by atoms with Crippen molar-refractivity contribution in [2.75, 3.05) is 0 Å². The second-order valence-corrected chi connectivity index (χ2v) is 4.74.